The second-order valence-corrected chi connectivity index (χ2v) is 16.6. The third kappa shape index (κ3) is 7.16. The van der Waals surface area contributed by atoms with E-state index in [9.17, 15) is 32.1 Å². The van der Waals surface area contributed by atoms with Crippen LogP contribution in [0.5, 0.6) is 0 Å². The molecule has 1 unspecified atom stereocenters. The van der Waals surface area contributed by atoms with Gasteiger partial charge in [0.05, 0.1) is 15.4 Å². The van der Waals surface area contributed by atoms with E-state index in [2.05, 4.69) is 10.6 Å². The number of carbonyl (C=O) groups excluding carboxylic acids is 4. The second kappa shape index (κ2) is 14.0. The molecule has 4 atom stereocenters. The molecular weight excluding hydrogens is 695 g/mol. The zero-order valence-corrected chi connectivity index (χ0v) is 30.0. The molecule has 3 aliphatic heterocycles. The molecule has 0 bridgehead atoms. The summed E-state index contributed by atoms with van der Waals surface area (Å²) in [5, 5.41) is 4.88. The highest BCUT2D eigenvalue weighted by atomic mass is 32.2. The number of esters is 1. The molecule has 12 nitrogen and oxygen atoms in total. The summed E-state index contributed by atoms with van der Waals surface area (Å²) in [5.41, 5.74) is 0.601. The predicted octanol–water partition coefficient (Wildman–Crippen LogP) is 3.95. The summed E-state index contributed by atoms with van der Waals surface area (Å²) >= 11 is -2.16. The van der Waals surface area contributed by atoms with Crippen molar-refractivity contribution in [2.24, 2.45) is 0 Å². The van der Waals surface area contributed by atoms with Gasteiger partial charge in [-0.1, -0.05) is 78.4 Å². The lowest BCUT2D eigenvalue weighted by molar-refractivity contribution is -0.165. The van der Waals surface area contributed by atoms with Crippen molar-refractivity contribution in [2.45, 2.75) is 68.2 Å². The molecule has 3 aromatic rings. The Balaban J connectivity index is 1.49. The van der Waals surface area contributed by atoms with E-state index in [1.165, 1.54) is 12.1 Å². The number of alkyl carbamates (subject to hydrolysis) is 1. The minimum absolute atomic E-state index is 0.0120. The fourth-order valence-electron chi connectivity index (χ4n) is 6.23. The summed E-state index contributed by atoms with van der Waals surface area (Å²) in [6.45, 7) is 6.83. The van der Waals surface area contributed by atoms with E-state index < -0.39 is 79.0 Å². The van der Waals surface area contributed by atoms with Crippen LogP contribution in [0.3, 0.4) is 0 Å². The van der Waals surface area contributed by atoms with Crippen LogP contribution in [0.1, 0.15) is 50.0 Å². The van der Waals surface area contributed by atoms with Crippen LogP contribution in [0.4, 0.5) is 4.79 Å². The number of carbonyl (C=O) groups is 4. The number of hydrogen-bond donors (Lipinski definition) is 2. The van der Waals surface area contributed by atoms with Gasteiger partial charge in [-0.3, -0.25) is 14.5 Å². The third-order valence-corrected chi connectivity index (χ3v) is 11.9. The molecule has 2 fully saturated rings. The van der Waals surface area contributed by atoms with Crippen molar-refractivity contribution in [1.29, 1.82) is 0 Å². The molecule has 2 saturated heterocycles. The van der Waals surface area contributed by atoms with Gasteiger partial charge < -0.3 is 24.7 Å². The predicted molar refractivity (Wildman–Crippen MR) is 188 cm³/mol. The Labute approximate surface area is 299 Å². The number of β-lactam (4-membered cyclic amide) rings is 1. The molecule has 2 N–H and O–H groups in total. The van der Waals surface area contributed by atoms with Gasteiger partial charge in [0.1, 0.15) is 11.0 Å². The van der Waals surface area contributed by atoms with Crippen LogP contribution in [0.25, 0.3) is 0 Å². The maximum absolute atomic E-state index is 14.6. The van der Waals surface area contributed by atoms with Crippen LogP contribution in [0.2, 0.25) is 0 Å². The van der Waals surface area contributed by atoms with E-state index in [0.717, 1.165) is 15.9 Å². The topological polar surface area (TPSA) is 171 Å². The van der Waals surface area contributed by atoms with Crippen LogP contribution in [0, 0.1) is 6.92 Å². The molecule has 3 aromatic carbocycles. The van der Waals surface area contributed by atoms with Gasteiger partial charge >= 0.3 is 12.1 Å². The van der Waals surface area contributed by atoms with Crippen molar-refractivity contribution < 1.29 is 41.6 Å². The SMILES string of the molecule is Cc1ccc(S(=O)(=O)C(C2=C[S+]([O-])[C@@H]3[C@H](NC(=O)OC(C)(C)C)C(=O)N3[C@H]2C(=O)OC(c2ccccc2)c2ccccc2)=C2CCNC2=O)cc1. The summed E-state index contributed by atoms with van der Waals surface area (Å²) in [7, 11) is -4.56. The van der Waals surface area contributed by atoms with Crippen LogP contribution in [0.15, 0.2) is 111 Å². The number of fused-ring (bicyclic) bond motifs is 1. The first-order valence-electron chi connectivity index (χ1n) is 16.2. The van der Waals surface area contributed by atoms with E-state index in [1.54, 1.807) is 100 Å². The summed E-state index contributed by atoms with van der Waals surface area (Å²) < 4.78 is 54.6. The number of benzene rings is 3. The molecule has 3 amide bonds. The highest BCUT2D eigenvalue weighted by molar-refractivity contribution is 7.96. The van der Waals surface area contributed by atoms with Crippen molar-refractivity contribution in [1.82, 2.24) is 15.5 Å². The number of amides is 3. The molecule has 266 valence electrons. The van der Waals surface area contributed by atoms with Gasteiger partial charge in [0.15, 0.2) is 18.2 Å². The van der Waals surface area contributed by atoms with Crippen LogP contribution < -0.4 is 10.6 Å². The molecule has 0 aromatic heterocycles. The van der Waals surface area contributed by atoms with E-state index in [-0.39, 0.29) is 29.0 Å². The number of rotatable bonds is 8. The van der Waals surface area contributed by atoms with Crippen molar-refractivity contribution in [2.75, 3.05) is 6.54 Å². The van der Waals surface area contributed by atoms with E-state index in [4.69, 9.17) is 9.47 Å². The lowest BCUT2D eigenvalue weighted by atomic mass is 9.95. The molecule has 0 saturated carbocycles. The Bertz CT molecular complexity index is 1990. The number of nitrogens with zero attached hydrogens (tertiary/aromatic N) is 1. The minimum atomic E-state index is -4.56. The number of aryl methyl sites for hydroxylation is 1. The highest BCUT2D eigenvalue weighted by Crippen LogP contribution is 2.44. The quantitative estimate of drug-likeness (QED) is 0.151. The molecule has 3 aliphatic rings. The lowest BCUT2D eigenvalue weighted by Crippen LogP contribution is -2.77. The average Bonchev–Trinajstić information content (AvgIpc) is 3.50. The maximum atomic E-state index is 14.6. The summed E-state index contributed by atoms with van der Waals surface area (Å²) in [6.07, 6.45) is -1.94. The van der Waals surface area contributed by atoms with Crippen molar-refractivity contribution in [3.8, 4) is 0 Å². The molecule has 0 spiro atoms. The fourth-order valence-corrected chi connectivity index (χ4v) is 9.57. The minimum Gasteiger partial charge on any atom is -0.610 e. The average molecular weight is 732 g/mol. The molecular formula is C37H37N3O9S2. The normalized spacial score (nSPS) is 22.7. The fraction of sp³-hybridized carbons (Fsp3) is 0.297. The van der Waals surface area contributed by atoms with Gasteiger partial charge in [0.2, 0.25) is 21.1 Å². The Morgan fingerprint density at radius 3 is 2.08 bits per heavy atom. The zero-order chi connectivity index (χ0) is 36.7. The van der Waals surface area contributed by atoms with Crippen LogP contribution >= 0.6 is 0 Å². The van der Waals surface area contributed by atoms with Crippen molar-refractivity contribution in [3.63, 3.8) is 0 Å². The van der Waals surface area contributed by atoms with Gasteiger partial charge in [-0.15, -0.1) is 0 Å². The van der Waals surface area contributed by atoms with Gasteiger partial charge in [0.25, 0.3) is 5.91 Å². The van der Waals surface area contributed by atoms with Gasteiger partial charge in [-0.05, 0) is 57.4 Å². The standard InChI is InChI=1S/C37H37N3O9S2/c1-22-15-17-25(18-16-22)51(46,47)31(26-19-20-38-32(26)41)27-21-50(45)34-28(39-36(44)49-37(2,3)4)33(42)40(34)29(27)35(43)48-30(23-11-7-5-8-12-23)24-13-9-6-10-14-24/h5-18,21,28-30,34H,19-20H2,1-4H3,(H,38,41)(H,39,44)/t28-,29-,34-,50?/m1/s1. The Morgan fingerprint density at radius 1 is 0.961 bits per heavy atom. The number of hydrogen-bond acceptors (Lipinski definition) is 9. The van der Waals surface area contributed by atoms with Crippen LogP contribution in [-0.4, -0.2) is 71.4 Å². The Hall–Kier alpha value is -4.92. The first-order valence-corrected chi connectivity index (χ1v) is 19.0. The zero-order valence-electron chi connectivity index (χ0n) is 28.3. The molecule has 51 heavy (non-hydrogen) atoms. The van der Waals surface area contributed by atoms with E-state index in [0.29, 0.717) is 11.1 Å². The molecule has 0 aliphatic carbocycles. The largest absolute Gasteiger partial charge is 0.610 e. The second-order valence-electron chi connectivity index (χ2n) is 13.3. The van der Waals surface area contributed by atoms with E-state index in [1.807, 2.05) is 0 Å². The number of ether oxygens (including phenoxy) is 2. The smallest absolute Gasteiger partial charge is 0.408 e. The first kappa shape index (κ1) is 35.9. The van der Waals surface area contributed by atoms with Crippen molar-refractivity contribution in [3.05, 3.63) is 123 Å². The highest BCUT2D eigenvalue weighted by Gasteiger charge is 2.64. The van der Waals surface area contributed by atoms with Gasteiger partial charge in [-0.2, -0.15) is 0 Å². The summed E-state index contributed by atoms with van der Waals surface area (Å²) in [6, 6.07) is 20.5. The Kier molecular flexibility index (Phi) is 9.86. The first-order chi connectivity index (χ1) is 24.2. The van der Waals surface area contributed by atoms with Crippen molar-refractivity contribution >= 4 is 44.9 Å². The monoisotopic (exact) mass is 731 g/mol. The molecule has 14 heteroatoms. The maximum Gasteiger partial charge on any atom is 0.408 e. The molecule has 6 rings (SSSR count). The van der Waals surface area contributed by atoms with Gasteiger partial charge in [-0.25, -0.2) is 18.0 Å². The summed E-state index contributed by atoms with van der Waals surface area (Å²) in [4.78, 5) is 54.8. The molecule has 0 radical (unpaired) electrons. The molecule has 3 heterocycles. The van der Waals surface area contributed by atoms with Gasteiger partial charge in [0, 0.05) is 23.3 Å². The van der Waals surface area contributed by atoms with Crippen LogP contribution in [-0.2, 0) is 44.9 Å². The number of sulfone groups is 1. The number of nitrogens with one attached hydrogen (secondary N) is 2. The third-order valence-electron chi connectivity index (χ3n) is 8.54. The van der Waals surface area contributed by atoms with E-state index >= 15 is 0 Å². The lowest BCUT2D eigenvalue weighted by Gasteiger charge is -2.51. The Morgan fingerprint density at radius 2 is 1.55 bits per heavy atom. The summed E-state index contributed by atoms with van der Waals surface area (Å²) in [5.74, 6) is -2.51.